The third-order valence-electron chi connectivity index (χ3n) is 3.26. The van der Waals surface area contributed by atoms with Crippen LogP contribution >= 0.6 is 11.6 Å². The molecule has 0 amide bonds. The van der Waals surface area contributed by atoms with Crippen molar-refractivity contribution in [3.05, 3.63) is 34.5 Å². The Morgan fingerprint density at radius 2 is 2.20 bits per heavy atom. The van der Waals surface area contributed by atoms with Crippen LogP contribution in [-0.4, -0.2) is 23.7 Å². The van der Waals surface area contributed by atoms with Gasteiger partial charge in [-0.05, 0) is 18.2 Å². The number of halogens is 1. The van der Waals surface area contributed by atoms with Gasteiger partial charge in [-0.15, -0.1) is 0 Å². The fourth-order valence-electron chi connectivity index (χ4n) is 2.19. The molecule has 2 N–H and O–H groups in total. The van der Waals surface area contributed by atoms with Gasteiger partial charge in [-0.25, -0.2) is 9.97 Å². The lowest BCUT2D eigenvalue weighted by Crippen LogP contribution is -2.16. The van der Waals surface area contributed by atoms with Crippen molar-refractivity contribution < 1.29 is 9.47 Å². The SMILES string of the molecule is COc1ccc(-c2nc(N)c3c(n2)CCOC3)cc1Cl. The van der Waals surface area contributed by atoms with Crippen molar-refractivity contribution in [2.75, 3.05) is 19.5 Å². The zero-order valence-electron chi connectivity index (χ0n) is 11.0. The van der Waals surface area contributed by atoms with Gasteiger partial charge in [-0.1, -0.05) is 11.6 Å². The summed E-state index contributed by atoms with van der Waals surface area (Å²) in [6.07, 6.45) is 0.749. The summed E-state index contributed by atoms with van der Waals surface area (Å²) in [5.41, 5.74) is 8.64. The molecule has 0 aliphatic carbocycles. The van der Waals surface area contributed by atoms with E-state index >= 15 is 0 Å². The maximum absolute atomic E-state index is 6.13. The Morgan fingerprint density at radius 3 is 2.95 bits per heavy atom. The Morgan fingerprint density at radius 1 is 1.35 bits per heavy atom. The Hall–Kier alpha value is -1.85. The lowest BCUT2D eigenvalue weighted by Gasteiger charge is -2.17. The highest BCUT2D eigenvalue weighted by Gasteiger charge is 2.17. The van der Waals surface area contributed by atoms with Crippen LogP contribution < -0.4 is 10.5 Å². The predicted molar refractivity (Wildman–Crippen MR) is 76.8 cm³/mol. The molecule has 104 valence electrons. The quantitative estimate of drug-likeness (QED) is 0.920. The lowest BCUT2D eigenvalue weighted by atomic mass is 10.1. The molecule has 3 rings (SSSR count). The van der Waals surface area contributed by atoms with Gasteiger partial charge in [-0.3, -0.25) is 0 Å². The van der Waals surface area contributed by atoms with Crippen LogP contribution in [0.3, 0.4) is 0 Å². The van der Waals surface area contributed by atoms with Crippen LogP contribution in [0.1, 0.15) is 11.3 Å². The first-order valence-corrected chi connectivity index (χ1v) is 6.63. The summed E-state index contributed by atoms with van der Waals surface area (Å²) < 4.78 is 10.5. The Kier molecular flexibility index (Phi) is 3.46. The zero-order valence-corrected chi connectivity index (χ0v) is 11.8. The van der Waals surface area contributed by atoms with Crippen LogP contribution in [0.25, 0.3) is 11.4 Å². The smallest absolute Gasteiger partial charge is 0.161 e. The highest BCUT2D eigenvalue weighted by atomic mass is 35.5. The molecule has 5 nitrogen and oxygen atoms in total. The third-order valence-corrected chi connectivity index (χ3v) is 3.56. The number of anilines is 1. The van der Waals surface area contributed by atoms with Crippen molar-refractivity contribution in [1.82, 2.24) is 9.97 Å². The summed E-state index contributed by atoms with van der Waals surface area (Å²) in [4.78, 5) is 8.91. The van der Waals surface area contributed by atoms with Crippen molar-refractivity contribution in [3.8, 4) is 17.1 Å². The minimum atomic E-state index is 0.469. The number of nitrogens with zero attached hydrogens (tertiary/aromatic N) is 2. The molecular formula is C14H14ClN3O2. The number of ether oxygens (including phenoxy) is 2. The normalized spacial score (nSPS) is 13.9. The van der Waals surface area contributed by atoms with E-state index in [4.69, 9.17) is 26.8 Å². The molecule has 2 heterocycles. The summed E-state index contributed by atoms with van der Waals surface area (Å²) in [6.45, 7) is 1.14. The van der Waals surface area contributed by atoms with Crippen LogP contribution in [0.2, 0.25) is 5.02 Å². The number of hydrogen-bond acceptors (Lipinski definition) is 5. The second-order valence-electron chi connectivity index (χ2n) is 4.51. The van der Waals surface area contributed by atoms with Crippen LogP contribution in [0.5, 0.6) is 5.75 Å². The summed E-state index contributed by atoms with van der Waals surface area (Å²) in [5.74, 6) is 1.67. The van der Waals surface area contributed by atoms with Gasteiger partial charge >= 0.3 is 0 Å². The number of nitrogen functional groups attached to an aromatic ring is 1. The van der Waals surface area contributed by atoms with Gasteiger partial charge < -0.3 is 15.2 Å². The Bertz CT molecular complexity index is 661. The van der Waals surface area contributed by atoms with Gasteiger partial charge in [0, 0.05) is 17.5 Å². The average Bonchev–Trinajstić information content (AvgIpc) is 2.47. The molecule has 1 aromatic carbocycles. The summed E-state index contributed by atoms with van der Waals surface area (Å²) in [7, 11) is 1.58. The first-order valence-electron chi connectivity index (χ1n) is 6.26. The highest BCUT2D eigenvalue weighted by Crippen LogP contribution is 2.30. The Labute approximate surface area is 121 Å². The molecule has 0 saturated heterocycles. The van der Waals surface area contributed by atoms with Gasteiger partial charge in [0.05, 0.1) is 31.0 Å². The second kappa shape index (κ2) is 5.26. The zero-order chi connectivity index (χ0) is 14.1. The molecule has 2 aromatic rings. The van der Waals surface area contributed by atoms with Crippen molar-refractivity contribution in [1.29, 1.82) is 0 Å². The molecule has 0 saturated carbocycles. The second-order valence-corrected chi connectivity index (χ2v) is 4.92. The maximum Gasteiger partial charge on any atom is 0.161 e. The largest absolute Gasteiger partial charge is 0.495 e. The van der Waals surface area contributed by atoms with E-state index < -0.39 is 0 Å². The molecule has 0 atom stereocenters. The lowest BCUT2D eigenvalue weighted by molar-refractivity contribution is 0.109. The van der Waals surface area contributed by atoms with Gasteiger partial charge in [0.25, 0.3) is 0 Å². The molecule has 0 spiro atoms. The minimum Gasteiger partial charge on any atom is -0.495 e. The molecule has 0 fully saturated rings. The molecule has 0 unspecified atom stereocenters. The number of fused-ring (bicyclic) bond motifs is 1. The van der Waals surface area contributed by atoms with Gasteiger partial charge in [0.2, 0.25) is 0 Å². The van der Waals surface area contributed by atoms with Gasteiger partial charge in [0.1, 0.15) is 11.6 Å². The molecule has 0 radical (unpaired) electrons. The minimum absolute atomic E-state index is 0.469. The standard InChI is InChI=1S/C14H14ClN3O2/c1-19-12-3-2-8(6-10(12)15)14-17-11-4-5-20-7-9(11)13(16)18-14/h2-3,6H,4-5,7H2,1H3,(H2,16,17,18). The molecule has 20 heavy (non-hydrogen) atoms. The van der Waals surface area contributed by atoms with E-state index in [-0.39, 0.29) is 0 Å². The fraction of sp³-hybridized carbons (Fsp3) is 0.286. The van der Waals surface area contributed by atoms with E-state index in [0.29, 0.717) is 35.6 Å². The first kappa shape index (κ1) is 13.1. The third kappa shape index (κ3) is 2.30. The Balaban J connectivity index is 2.06. The fourth-order valence-corrected chi connectivity index (χ4v) is 2.45. The highest BCUT2D eigenvalue weighted by molar-refractivity contribution is 6.32. The van der Waals surface area contributed by atoms with E-state index in [2.05, 4.69) is 9.97 Å². The molecule has 6 heteroatoms. The summed E-state index contributed by atoms with van der Waals surface area (Å²) >= 11 is 6.13. The topological polar surface area (TPSA) is 70.3 Å². The first-order chi connectivity index (χ1) is 9.69. The molecule has 1 aromatic heterocycles. The van der Waals surface area contributed by atoms with Gasteiger partial charge in [-0.2, -0.15) is 0 Å². The maximum atomic E-state index is 6.13. The van der Waals surface area contributed by atoms with Crippen molar-refractivity contribution in [3.63, 3.8) is 0 Å². The number of benzene rings is 1. The van der Waals surface area contributed by atoms with E-state index in [9.17, 15) is 0 Å². The van der Waals surface area contributed by atoms with E-state index in [1.54, 1.807) is 19.2 Å². The average molecular weight is 292 g/mol. The number of aromatic nitrogens is 2. The number of methoxy groups -OCH3 is 1. The van der Waals surface area contributed by atoms with Crippen molar-refractivity contribution in [2.24, 2.45) is 0 Å². The van der Waals surface area contributed by atoms with Crippen LogP contribution in [0.4, 0.5) is 5.82 Å². The summed E-state index contributed by atoms with van der Waals surface area (Å²) in [6, 6.07) is 5.44. The number of rotatable bonds is 2. The number of hydrogen-bond donors (Lipinski definition) is 1. The molecule has 1 aliphatic rings. The van der Waals surface area contributed by atoms with E-state index in [1.165, 1.54) is 0 Å². The molecule has 1 aliphatic heterocycles. The van der Waals surface area contributed by atoms with E-state index in [0.717, 1.165) is 23.2 Å². The van der Waals surface area contributed by atoms with Crippen LogP contribution in [0.15, 0.2) is 18.2 Å². The van der Waals surface area contributed by atoms with Gasteiger partial charge in [0.15, 0.2) is 5.82 Å². The molecule has 0 bridgehead atoms. The van der Waals surface area contributed by atoms with Crippen LogP contribution in [-0.2, 0) is 17.8 Å². The van der Waals surface area contributed by atoms with Crippen molar-refractivity contribution in [2.45, 2.75) is 13.0 Å². The number of nitrogens with two attached hydrogens (primary N) is 1. The van der Waals surface area contributed by atoms with E-state index in [1.807, 2.05) is 6.07 Å². The summed E-state index contributed by atoms with van der Waals surface area (Å²) in [5, 5.41) is 0.522. The molecular weight excluding hydrogens is 278 g/mol. The monoisotopic (exact) mass is 291 g/mol. The van der Waals surface area contributed by atoms with Crippen LogP contribution in [0, 0.1) is 0 Å². The predicted octanol–water partition coefficient (Wildman–Crippen LogP) is 2.46. The van der Waals surface area contributed by atoms with Crippen molar-refractivity contribution >= 4 is 17.4 Å².